The van der Waals surface area contributed by atoms with E-state index in [0.717, 1.165) is 10.5 Å². The Morgan fingerprint density at radius 3 is 0.647 bits per heavy atom. The van der Waals surface area contributed by atoms with Crippen molar-refractivity contribution in [1.29, 1.82) is 0 Å². The molecule has 0 saturated heterocycles. The van der Waals surface area contributed by atoms with Crippen LogP contribution in [0.4, 0.5) is 0 Å². The standard InChI is InChI=1S/CH38O16Si17/c1-19-3-21-5-23-7-25-9-27-11-29-13-31-15-33-17-34-16-32-14-30-12-28-10-26-8-24-6-22-4-20-2-18/h19-34H2,1,18H3. The van der Waals surface area contributed by atoms with Crippen molar-refractivity contribution in [3.05, 3.63) is 0 Å². The summed E-state index contributed by atoms with van der Waals surface area (Å²) in [6.07, 6.45) is 0. The normalized spacial score (nSPS) is 17.2. The summed E-state index contributed by atoms with van der Waals surface area (Å²) in [5, 5.41) is 0. The van der Waals surface area contributed by atoms with Crippen LogP contribution in [0.15, 0.2) is 0 Å². The van der Waals surface area contributed by atoms with E-state index in [1.54, 1.807) is 0 Å². The highest BCUT2D eigenvalue weighted by Gasteiger charge is 1.98. The van der Waals surface area contributed by atoms with Crippen molar-refractivity contribution >= 4 is 170 Å². The highest BCUT2D eigenvalue weighted by atomic mass is 28.4. The Hall–Kier alpha value is 3.05. The zero-order valence-corrected chi connectivity index (χ0v) is 44.5. The molecule has 0 N–H and O–H groups in total. The molecule has 0 radical (unpaired) electrons. The van der Waals surface area contributed by atoms with Gasteiger partial charge in [-0.25, -0.2) is 0 Å². The van der Waals surface area contributed by atoms with Crippen molar-refractivity contribution < 1.29 is 65.8 Å². The number of hydrogen-bond acceptors (Lipinski definition) is 16. The van der Waals surface area contributed by atoms with Gasteiger partial charge in [0.1, 0.15) is 20.2 Å². The topological polar surface area (TPSA) is 148 Å². The highest BCUT2D eigenvalue weighted by molar-refractivity contribution is 6.51. The van der Waals surface area contributed by atoms with Crippen LogP contribution < -0.4 is 0 Å². The second-order valence-corrected chi connectivity index (χ2v) is 36.3. The summed E-state index contributed by atoms with van der Waals surface area (Å²) < 4.78 is 86.2. The van der Waals surface area contributed by atoms with E-state index in [-0.39, 0.29) is 9.76 Å². The van der Waals surface area contributed by atoms with Gasteiger partial charge in [-0.3, -0.25) is 0 Å². The van der Waals surface area contributed by atoms with Gasteiger partial charge in [-0.1, -0.05) is 6.55 Å². The van der Waals surface area contributed by atoms with Crippen LogP contribution in [-0.2, 0) is 65.8 Å². The molecule has 0 heterocycles. The van der Waals surface area contributed by atoms with Gasteiger partial charge in [0.05, 0.1) is 0 Å². The zero-order valence-electron chi connectivity index (χ0n) is 19.8. The molecule has 0 saturated carbocycles. The predicted octanol–water partition coefficient (Wildman–Crippen LogP) is -16.4. The van der Waals surface area contributed by atoms with E-state index in [1.807, 2.05) is 0 Å². The van der Waals surface area contributed by atoms with Gasteiger partial charge >= 0.3 is 0 Å². The van der Waals surface area contributed by atoms with Crippen LogP contribution >= 0.6 is 0 Å². The van der Waals surface area contributed by atoms with E-state index in [4.69, 9.17) is 65.8 Å². The maximum absolute atomic E-state index is 5.46. The Kier molecular flexibility index (Phi) is 39.3. The zero-order chi connectivity index (χ0) is 24.6. The maximum atomic E-state index is 5.46. The van der Waals surface area contributed by atoms with Gasteiger partial charge in [0.15, 0.2) is 0 Å². The minimum Gasteiger partial charge on any atom is -0.449 e. The molecule has 0 aromatic heterocycles. The first kappa shape index (κ1) is 37.0. The van der Waals surface area contributed by atoms with Crippen LogP contribution in [0.5, 0.6) is 0 Å². The molecule has 0 aliphatic carbocycles. The highest BCUT2D eigenvalue weighted by Crippen LogP contribution is 1.80. The van der Waals surface area contributed by atoms with Gasteiger partial charge in [0.2, 0.25) is 0 Å². The second kappa shape index (κ2) is 36.0. The van der Waals surface area contributed by atoms with Gasteiger partial charge in [-0.15, -0.1) is 0 Å². The lowest BCUT2D eigenvalue weighted by molar-refractivity contribution is 0.356. The lowest BCUT2D eigenvalue weighted by Gasteiger charge is -2.09. The summed E-state index contributed by atoms with van der Waals surface area (Å²) in [6, 6.07) is 0. The average Bonchev–Trinajstić information content (AvgIpc) is 2.85. The third-order valence-electron chi connectivity index (χ3n) is 2.74. The first-order chi connectivity index (χ1) is 16.9. The molecule has 0 aromatic rings. The average molecular weight is 784 g/mol. The quantitative estimate of drug-likeness (QED) is 0.0484. The molecule has 206 valence electrons. The Morgan fingerprint density at radius 1 is 0.294 bits per heavy atom. The van der Waals surface area contributed by atoms with Gasteiger partial charge in [0.25, 0.3) is 150 Å². The molecule has 34 heavy (non-hydrogen) atoms. The summed E-state index contributed by atoms with van der Waals surface area (Å²) in [7, 11) is -13.8. The van der Waals surface area contributed by atoms with Crippen molar-refractivity contribution in [1.82, 2.24) is 0 Å². The molecule has 33 heteroatoms. The molecular weight excluding hydrogens is 745 g/mol. The van der Waals surface area contributed by atoms with E-state index in [0.29, 0.717) is 0 Å². The minimum absolute atomic E-state index is 0.332. The van der Waals surface area contributed by atoms with E-state index in [1.165, 1.54) is 0 Å². The minimum atomic E-state index is -1.01. The molecule has 0 spiro atoms. The second-order valence-electron chi connectivity index (χ2n) is 5.41. The van der Waals surface area contributed by atoms with Gasteiger partial charge < -0.3 is 65.8 Å². The van der Waals surface area contributed by atoms with Crippen LogP contribution in [0.25, 0.3) is 0 Å². The van der Waals surface area contributed by atoms with Crippen LogP contribution in [0, 0.1) is 0 Å². The molecular formula is CH38O16Si17. The molecule has 0 atom stereocenters. The van der Waals surface area contributed by atoms with Crippen molar-refractivity contribution in [3.63, 3.8) is 0 Å². The first-order valence-corrected chi connectivity index (χ1v) is 30.2. The third-order valence-corrected chi connectivity index (χ3v) is 24.6. The Labute approximate surface area is 241 Å². The smallest absolute Gasteiger partial charge is 0.286 e. The molecule has 0 unspecified atom stereocenters. The molecule has 0 bridgehead atoms. The van der Waals surface area contributed by atoms with E-state index in [9.17, 15) is 0 Å². The summed E-state index contributed by atoms with van der Waals surface area (Å²) >= 11 is 0. The lowest BCUT2D eigenvalue weighted by Crippen LogP contribution is -2.22. The van der Waals surface area contributed by atoms with Crippen LogP contribution in [0.2, 0.25) is 6.55 Å². The molecule has 0 amide bonds. The van der Waals surface area contributed by atoms with E-state index >= 15 is 0 Å². The molecule has 0 aliphatic rings. The van der Waals surface area contributed by atoms with Crippen LogP contribution in [0.3, 0.4) is 0 Å². The summed E-state index contributed by atoms with van der Waals surface area (Å²) in [4.78, 5) is 0. The number of rotatable bonds is 31. The maximum Gasteiger partial charge on any atom is 0.286 e. The molecule has 16 nitrogen and oxygen atoms in total. The fourth-order valence-electron chi connectivity index (χ4n) is 1.47. The SMILES string of the molecule is C[SiH2]O[SiH2]O[SiH2]O[SiH2]O[SiH2]O[SiH2]O[SiH2]O[SiH2]O[SiH2]O[SiH2]O[SiH2]O[SiH2]O[SiH2]O[SiH2]O[SiH2]O[SiH2]O[SiH3]. The summed E-state index contributed by atoms with van der Waals surface area (Å²) in [5.41, 5.74) is 0. The lowest BCUT2D eigenvalue weighted by atomic mass is 11.9. The van der Waals surface area contributed by atoms with E-state index < -0.39 is 150 Å². The fourth-order valence-corrected chi connectivity index (χ4v) is 29.6. The van der Waals surface area contributed by atoms with Crippen molar-refractivity contribution in [2.75, 3.05) is 0 Å². The predicted molar refractivity (Wildman–Crippen MR) is 170 cm³/mol. The van der Waals surface area contributed by atoms with Gasteiger partial charge in [-0.2, -0.15) is 0 Å². The third kappa shape index (κ3) is 35.0. The Balaban J connectivity index is 2.99. The molecule has 0 fully saturated rings. The van der Waals surface area contributed by atoms with Gasteiger partial charge in [-0.05, 0) is 0 Å². The molecule has 0 aliphatic heterocycles. The molecule has 0 aromatic carbocycles. The largest absolute Gasteiger partial charge is 0.449 e. The van der Waals surface area contributed by atoms with E-state index in [2.05, 4.69) is 6.55 Å². The van der Waals surface area contributed by atoms with Crippen molar-refractivity contribution in [2.24, 2.45) is 0 Å². The molecule has 0 rings (SSSR count). The van der Waals surface area contributed by atoms with Gasteiger partial charge in [0, 0.05) is 0 Å². The monoisotopic (exact) mass is 782 g/mol. The van der Waals surface area contributed by atoms with Crippen molar-refractivity contribution in [3.8, 4) is 0 Å². The van der Waals surface area contributed by atoms with Crippen LogP contribution in [-0.4, -0.2) is 170 Å². The Morgan fingerprint density at radius 2 is 0.471 bits per heavy atom. The van der Waals surface area contributed by atoms with Crippen LogP contribution in [0.1, 0.15) is 0 Å². The number of hydrogen-bond donors (Lipinski definition) is 0. The van der Waals surface area contributed by atoms with Crippen molar-refractivity contribution in [2.45, 2.75) is 6.55 Å². The Bertz CT molecular complexity index is 327. The summed E-state index contributed by atoms with van der Waals surface area (Å²) in [5.74, 6) is 0. The fraction of sp³-hybridized carbons (Fsp3) is 1.00. The first-order valence-electron chi connectivity index (χ1n) is 10.1. The summed E-state index contributed by atoms with van der Waals surface area (Å²) in [6.45, 7) is 2.09.